The van der Waals surface area contributed by atoms with Gasteiger partial charge in [-0.05, 0) is 68.2 Å². The van der Waals surface area contributed by atoms with Gasteiger partial charge >= 0.3 is 11.9 Å². The lowest BCUT2D eigenvalue weighted by Gasteiger charge is -2.29. The Labute approximate surface area is 202 Å². The van der Waals surface area contributed by atoms with Crippen molar-refractivity contribution in [3.05, 3.63) is 0 Å². The van der Waals surface area contributed by atoms with Crippen LogP contribution in [0.4, 0.5) is 0 Å². The highest BCUT2D eigenvalue weighted by atomic mass is 16.5. The first-order chi connectivity index (χ1) is 15.3. The maximum atomic E-state index is 11.9. The Morgan fingerprint density at radius 1 is 0.647 bits per heavy atom. The molecular weight excluding hydrogens is 444 g/mol. The Hall–Kier alpha value is -2.64. The van der Waals surface area contributed by atoms with E-state index in [1.165, 1.54) is 0 Å². The molecule has 10 heteroatoms. The number of carbonyl (C=O) groups is 4. The molecule has 2 amide bonds. The number of nitrogens with one attached hydrogen (secondary N) is 2. The van der Waals surface area contributed by atoms with E-state index in [0.717, 1.165) is 0 Å². The molecule has 0 bridgehead atoms. The minimum absolute atomic E-state index is 0.0302. The van der Waals surface area contributed by atoms with Gasteiger partial charge in [-0.3, -0.25) is 19.2 Å². The van der Waals surface area contributed by atoms with E-state index in [2.05, 4.69) is 22.5 Å². The topological polar surface area (TPSA) is 151 Å². The van der Waals surface area contributed by atoms with Crippen molar-refractivity contribution in [2.75, 3.05) is 26.3 Å². The molecule has 0 aromatic heterocycles. The molecule has 0 unspecified atom stereocenters. The van der Waals surface area contributed by atoms with Gasteiger partial charge in [-0.15, -0.1) is 0 Å². The first-order valence-corrected chi connectivity index (χ1v) is 11.1. The van der Waals surface area contributed by atoms with Crippen molar-refractivity contribution in [3.63, 3.8) is 0 Å². The van der Waals surface area contributed by atoms with Crippen molar-refractivity contribution in [2.24, 2.45) is 10.8 Å². The molecule has 4 N–H and O–H groups in total. The second-order valence-corrected chi connectivity index (χ2v) is 10.7. The number of ether oxygens (including phenoxy) is 2. The number of rotatable bonds is 14. The zero-order valence-electron chi connectivity index (χ0n) is 21.6. The number of carbonyl (C=O) groups excluding carboxylic acids is 2. The quantitative estimate of drug-likeness (QED) is 0.273. The number of carboxylic acid groups (broad SMARTS) is 2. The van der Waals surface area contributed by atoms with E-state index in [4.69, 9.17) is 19.7 Å². The Kier molecular flexibility index (Phi) is 11.7. The number of hydrogen-bond donors (Lipinski definition) is 4. The minimum atomic E-state index is -1.02. The van der Waals surface area contributed by atoms with Crippen LogP contribution >= 0.6 is 0 Å². The standard InChI is InChI=1S/C24H40N2O8/c1-21(2,19(29)30)15-33-23(5,6)11-13-25-17(27)9-10-18(28)26-14-12-24(7,8)34-16-22(3,4)20(31)32/h11-16H2,1-8H3,(H,25,27)(H,26,28)(H,29,30)(H,31,32). The molecule has 0 aliphatic heterocycles. The average molecular weight is 485 g/mol. The largest absolute Gasteiger partial charge is 0.481 e. The van der Waals surface area contributed by atoms with Crippen molar-refractivity contribution < 1.29 is 38.9 Å². The molecule has 0 aliphatic rings. The second-order valence-electron chi connectivity index (χ2n) is 10.7. The lowest BCUT2D eigenvalue weighted by atomic mass is 9.94. The van der Waals surface area contributed by atoms with Gasteiger partial charge in [0.15, 0.2) is 0 Å². The number of carboxylic acids is 2. The van der Waals surface area contributed by atoms with Crippen molar-refractivity contribution in [3.8, 4) is 11.8 Å². The molecule has 0 aromatic rings. The van der Waals surface area contributed by atoms with E-state index in [0.29, 0.717) is 12.8 Å². The molecule has 0 saturated carbocycles. The van der Waals surface area contributed by atoms with Gasteiger partial charge < -0.3 is 30.3 Å². The number of aliphatic carboxylic acids is 2. The monoisotopic (exact) mass is 484 g/mol. The normalized spacial score (nSPS) is 12.4. The zero-order chi connectivity index (χ0) is 26.8. The summed E-state index contributed by atoms with van der Waals surface area (Å²) in [5.41, 5.74) is -3.34. The van der Waals surface area contributed by atoms with E-state index in [-0.39, 0.29) is 26.3 Å². The Balaban J connectivity index is 4.36. The molecular formula is C24H40N2O8. The van der Waals surface area contributed by atoms with Gasteiger partial charge in [0.2, 0.25) is 0 Å². The molecule has 0 heterocycles. The summed E-state index contributed by atoms with van der Waals surface area (Å²) < 4.78 is 11.4. The summed E-state index contributed by atoms with van der Waals surface area (Å²) in [5.74, 6) is 1.30. The number of amides is 2. The van der Waals surface area contributed by atoms with Gasteiger partial charge in [0.05, 0.1) is 35.2 Å². The van der Waals surface area contributed by atoms with Crippen LogP contribution in [0.3, 0.4) is 0 Å². The second kappa shape index (κ2) is 12.7. The van der Waals surface area contributed by atoms with Crippen molar-refractivity contribution in [1.29, 1.82) is 0 Å². The molecule has 34 heavy (non-hydrogen) atoms. The maximum absolute atomic E-state index is 11.9. The van der Waals surface area contributed by atoms with Gasteiger partial charge in [0.25, 0.3) is 11.8 Å². The lowest BCUT2D eigenvalue weighted by Crippen LogP contribution is -2.38. The SMILES string of the molecule is CC(C)(CCNC(=O)C#CC(=O)NCCC(C)(C)OCC(C)(C)C(=O)O)OCC(C)(C)C(=O)O. The van der Waals surface area contributed by atoms with Crippen LogP contribution in [-0.2, 0) is 28.7 Å². The summed E-state index contributed by atoms with van der Waals surface area (Å²) in [6.07, 6.45) is 0.853. The van der Waals surface area contributed by atoms with Crippen LogP contribution < -0.4 is 10.6 Å². The van der Waals surface area contributed by atoms with Crippen LogP contribution in [0.25, 0.3) is 0 Å². The third kappa shape index (κ3) is 13.2. The van der Waals surface area contributed by atoms with Crippen molar-refractivity contribution >= 4 is 23.8 Å². The molecule has 10 nitrogen and oxygen atoms in total. The van der Waals surface area contributed by atoms with Crippen LogP contribution in [0.2, 0.25) is 0 Å². The fourth-order valence-electron chi connectivity index (χ4n) is 2.18. The molecule has 0 spiro atoms. The van der Waals surface area contributed by atoms with Crippen LogP contribution in [-0.4, -0.2) is 71.5 Å². The predicted molar refractivity (Wildman–Crippen MR) is 126 cm³/mol. The van der Waals surface area contributed by atoms with Crippen LogP contribution in [0.5, 0.6) is 0 Å². The highest BCUT2D eigenvalue weighted by Crippen LogP contribution is 2.23. The van der Waals surface area contributed by atoms with Gasteiger partial charge in [-0.2, -0.15) is 0 Å². The third-order valence-corrected chi connectivity index (χ3v) is 5.12. The van der Waals surface area contributed by atoms with Gasteiger partial charge in [-0.1, -0.05) is 0 Å². The van der Waals surface area contributed by atoms with E-state index >= 15 is 0 Å². The highest BCUT2D eigenvalue weighted by Gasteiger charge is 2.32. The summed E-state index contributed by atoms with van der Waals surface area (Å²) >= 11 is 0. The molecule has 0 saturated heterocycles. The molecule has 0 aliphatic carbocycles. The highest BCUT2D eigenvalue weighted by molar-refractivity contribution is 6.02. The van der Waals surface area contributed by atoms with Crippen molar-refractivity contribution in [2.45, 2.75) is 79.4 Å². The number of hydrogen-bond acceptors (Lipinski definition) is 6. The average Bonchev–Trinajstić information content (AvgIpc) is 2.69. The molecule has 0 radical (unpaired) electrons. The van der Waals surface area contributed by atoms with Gasteiger partial charge in [0, 0.05) is 24.9 Å². The van der Waals surface area contributed by atoms with Crippen LogP contribution in [0.15, 0.2) is 0 Å². The Bertz CT molecular complexity index is 740. The molecule has 194 valence electrons. The minimum Gasteiger partial charge on any atom is -0.481 e. The lowest BCUT2D eigenvalue weighted by molar-refractivity contribution is -0.155. The fraction of sp³-hybridized carbons (Fsp3) is 0.750. The van der Waals surface area contributed by atoms with Crippen molar-refractivity contribution in [1.82, 2.24) is 10.6 Å². The zero-order valence-corrected chi connectivity index (χ0v) is 21.6. The fourth-order valence-corrected chi connectivity index (χ4v) is 2.18. The summed E-state index contributed by atoms with van der Waals surface area (Å²) in [4.78, 5) is 46.0. The molecule has 0 fully saturated rings. The van der Waals surface area contributed by atoms with Gasteiger partial charge in [0.1, 0.15) is 0 Å². The summed E-state index contributed by atoms with van der Waals surface area (Å²) in [7, 11) is 0. The maximum Gasteiger partial charge on any atom is 0.311 e. The van der Waals surface area contributed by atoms with Gasteiger partial charge in [-0.25, -0.2) is 0 Å². The van der Waals surface area contributed by atoms with E-state index in [1.54, 1.807) is 55.4 Å². The molecule has 0 rings (SSSR count). The first-order valence-electron chi connectivity index (χ1n) is 11.1. The Morgan fingerprint density at radius 3 is 1.21 bits per heavy atom. The smallest absolute Gasteiger partial charge is 0.311 e. The predicted octanol–water partition coefficient (Wildman–Crippen LogP) is 1.81. The molecule has 0 atom stereocenters. The summed E-state index contributed by atoms with van der Waals surface area (Å²) in [5, 5.41) is 23.4. The van der Waals surface area contributed by atoms with E-state index in [1.807, 2.05) is 0 Å². The summed E-state index contributed by atoms with van der Waals surface area (Å²) in [6, 6.07) is 0. The molecule has 0 aromatic carbocycles. The van der Waals surface area contributed by atoms with Crippen LogP contribution in [0, 0.1) is 22.7 Å². The first kappa shape index (κ1) is 31.4. The van der Waals surface area contributed by atoms with E-state index in [9.17, 15) is 19.2 Å². The van der Waals surface area contributed by atoms with E-state index < -0.39 is 45.8 Å². The third-order valence-electron chi connectivity index (χ3n) is 5.12. The Morgan fingerprint density at radius 2 is 0.941 bits per heavy atom. The summed E-state index contributed by atoms with van der Waals surface area (Å²) in [6.45, 7) is 14.0. The van der Waals surface area contributed by atoms with Crippen LogP contribution in [0.1, 0.15) is 68.2 Å².